The average Bonchev–Trinajstić information content (AvgIpc) is 3.23. The molecule has 0 aliphatic heterocycles. The van der Waals surface area contributed by atoms with E-state index in [4.69, 9.17) is 4.74 Å². The summed E-state index contributed by atoms with van der Waals surface area (Å²) in [5, 5.41) is 14.3. The molecule has 3 rings (SSSR count). The number of H-pyrrole nitrogens is 1. The van der Waals surface area contributed by atoms with Crippen LogP contribution in [0.15, 0.2) is 41.0 Å². The number of ether oxygens (including phenoxy) is 1. The molecule has 0 aliphatic carbocycles. The third kappa shape index (κ3) is 3.60. The molecule has 3 aromatic rings. The minimum absolute atomic E-state index is 0.223. The standard InChI is InChI=1S/C16H17N5O3/c1-11-15(20-24-19-11)9-21(2)16(22)14-8-12(17-18-14)10-23-13-6-4-3-5-7-13/h3-8H,9-10H2,1-2H3,(H,17,18). The molecule has 0 bridgehead atoms. The first-order chi connectivity index (χ1) is 11.6. The SMILES string of the molecule is Cc1nonc1CN(C)C(=O)c1cc(COc2ccccc2)[nH]n1. The van der Waals surface area contributed by atoms with Crippen LogP contribution < -0.4 is 4.74 Å². The van der Waals surface area contributed by atoms with Crippen LogP contribution in [-0.4, -0.2) is 38.4 Å². The van der Waals surface area contributed by atoms with Crippen molar-refractivity contribution in [1.82, 2.24) is 25.4 Å². The van der Waals surface area contributed by atoms with Crippen LogP contribution in [0.4, 0.5) is 0 Å². The zero-order valence-corrected chi connectivity index (χ0v) is 13.4. The van der Waals surface area contributed by atoms with Crippen LogP contribution in [0.5, 0.6) is 5.75 Å². The monoisotopic (exact) mass is 327 g/mol. The number of rotatable bonds is 6. The number of carbonyl (C=O) groups excluding carboxylic acids is 1. The van der Waals surface area contributed by atoms with Crippen molar-refractivity contribution in [1.29, 1.82) is 0 Å². The van der Waals surface area contributed by atoms with E-state index in [1.165, 1.54) is 4.90 Å². The van der Waals surface area contributed by atoms with Gasteiger partial charge in [0, 0.05) is 7.05 Å². The second-order valence-corrected chi connectivity index (χ2v) is 5.34. The molecule has 8 heteroatoms. The van der Waals surface area contributed by atoms with Gasteiger partial charge in [-0.05, 0) is 25.1 Å². The number of aromatic amines is 1. The third-order valence-corrected chi connectivity index (χ3v) is 3.47. The molecule has 2 aromatic heterocycles. The molecule has 0 fully saturated rings. The minimum Gasteiger partial charge on any atom is -0.487 e. The van der Waals surface area contributed by atoms with Crippen molar-refractivity contribution in [3.63, 3.8) is 0 Å². The van der Waals surface area contributed by atoms with E-state index in [-0.39, 0.29) is 5.91 Å². The van der Waals surface area contributed by atoms with Gasteiger partial charge in [0.05, 0.1) is 12.2 Å². The van der Waals surface area contributed by atoms with Crippen molar-refractivity contribution in [3.05, 3.63) is 59.2 Å². The lowest BCUT2D eigenvalue weighted by molar-refractivity contribution is 0.0776. The predicted octanol–water partition coefficient (Wildman–Crippen LogP) is 1.95. The van der Waals surface area contributed by atoms with E-state index in [0.717, 1.165) is 11.4 Å². The molecule has 1 N–H and O–H groups in total. The van der Waals surface area contributed by atoms with Crippen LogP contribution in [0.1, 0.15) is 27.6 Å². The van der Waals surface area contributed by atoms with Gasteiger partial charge in [0.2, 0.25) is 0 Å². The van der Waals surface area contributed by atoms with Crippen molar-refractivity contribution in [3.8, 4) is 5.75 Å². The highest BCUT2D eigenvalue weighted by molar-refractivity contribution is 5.92. The van der Waals surface area contributed by atoms with Gasteiger partial charge in [-0.1, -0.05) is 28.5 Å². The van der Waals surface area contributed by atoms with Gasteiger partial charge in [0.1, 0.15) is 23.7 Å². The molecular weight excluding hydrogens is 310 g/mol. The number of para-hydroxylation sites is 1. The van der Waals surface area contributed by atoms with Crippen LogP contribution >= 0.6 is 0 Å². The summed E-state index contributed by atoms with van der Waals surface area (Å²) < 4.78 is 10.3. The Kier molecular flexibility index (Phi) is 4.55. The van der Waals surface area contributed by atoms with E-state index in [2.05, 4.69) is 25.1 Å². The van der Waals surface area contributed by atoms with Crippen LogP contribution in [-0.2, 0) is 13.2 Å². The number of carbonyl (C=O) groups is 1. The Morgan fingerprint density at radius 3 is 2.79 bits per heavy atom. The zero-order chi connectivity index (χ0) is 16.9. The van der Waals surface area contributed by atoms with Crippen molar-refractivity contribution >= 4 is 5.91 Å². The number of hydrogen-bond donors (Lipinski definition) is 1. The smallest absolute Gasteiger partial charge is 0.274 e. The van der Waals surface area contributed by atoms with E-state index in [1.807, 2.05) is 30.3 Å². The number of nitrogens with zero attached hydrogens (tertiary/aromatic N) is 4. The van der Waals surface area contributed by atoms with Gasteiger partial charge in [0.25, 0.3) is 5.91 Å². The highest BCUT2D eigenvalue weighted by atomic mass is 16.6. The maximum Gasteiger partial charge on any atom is 0.274 e. The molecule has 0 atom stereocenters. The number of aromatic nitrogens is 4. The molecule has 2 heterocycles. The molecule has 0 saturated carbocycles. The predicted molar refractivity (Wildman–Crippen MR) is 84.2 cm³/mol. The third-order valence-electron chi connectivity index (χ3n) is 3.47. The number of benzene rings is 1. The Hall–Kier alpha value is -3.16. The van der Waals surface area contributed by atoms with Gasteiger partial charge < -0.3 is 9.64 Å². The minimum atomic E-state index is -0.223. The second-order valence-electron chi connectivity index (χ2n) is 5.34. The molecule has 0 saturated heterocycles. The summed E-state index contributed by atoms with van der Waals surface area (Å²) in [5.41, 5.74) is 2.32. The number of hydrogen-bond acceptors (Lipinski definition) is 6. The number of aryl methyl sites for hydroxylation is 1. The molecular formula is C16H17N5O3. The number of amides is 1. The topological polar surface area (TPSA) is 97.1 Å². The number of nitrogens with one attached hydrogen (secondary N) is 1. The summed E-state index contributed by atoms with van der Waals surface area (Å²) in [6.45, 7) is 2.38. The summed E-state index contributed by atoms with van der Waals surface area (Å²) in [5.74, 6) is 0.533. The maximum atomic E-state index is 12.4. The molecule has 1 amide bonds. The summed E-state index contributed by atoms with van der Waals surface area (Å²) in [6, 6.07) is 11.1. The van der Waals surface area contributed by atoms with Crippen molar-refractivity contribution in [2.45, 2.75) is 20.1 Å². The fourth-order valence-corrected chi connectivity index (χ4v) is 2.11. The van der Waals surface area contributed by atoms with Crippen LogP contribution in [0.3, 0.4) is 0 Å². The Bertz CT molecular complexity index is 812. The Balaban J connectivity index is 1.60. The highest BCUT2D eigenvalue weighted by Gasteiger charge is 2.18. The molecule has 0 unspecified atom stereocenters. The lowest BCUT2D eigenvalue weighted by Gasteiger charge is -2.13. The first-order valence-electron chi connectivity index (χ1n) is 7.39. The van der Waals surface area contributed by atoms with E-state index < -0.39 is 0 Å². The van der Waals surface area contributed by atoms with Gasteiger partial charge >= 0.3 is 0 Å². The van der Waals surface area contributed by atoms with Gasteiger partial charge in [-0.15, -0.1) is 0 Å². The largest absolute Gasteiger partial charge is 0.487 e. The first kappa shape index (κ1) is 15.7. The molecule has 8 nitrogen and oxygen atoms in total. The molecule has 24 heavy (non-hydrogen) atoms. The zero-order valence-electron chi connectivity index (χ0n) is 13.4. The Morgan fingerprint density at radius 1 is 1.29 bits per heavy atom. The van der Waals surface area contributed by atoms with E-state index in [1.54, 1.807) is 20.0 Å². The van der Waals surface area contributed by atoms with Crippen molar-refractivity contribution in [2.24, 2.45) is 0 Å². The molecule has 124 valence electrons. The van der Waals surface area contributed by atoms with Crippen molar-refractivity contribution in [2.75, 3.05) is 7.05 Å². The Morgan fingerprint density at radius 2 is 2.08 bits per heavy atom. The van der Waals surface area contributed by atoms with Gasteiger partial charge in [-0.3, -0.25) is 9.89 Å². The van der Waals surface area contributed by atoms with Crippen molar-refractivity contribution < 1.29 is 14.2 Å². The fraction of sp³-hybridized carbons (Fsp3) is 0.250. The van der Waals surface area contributed by atoms with Gasteiger partial charge in [-0.25, -0.2) is 4.63 Å². The molecule has 1 aromatic carbocycles. The average molecular weight is 327 g/mol. The highest BCUT2D eigenvalue weighted by Crippen LogP contribution is 2.12. The lowest BCUT2D eigenvalue weighted by atomic mass is 10.3. The summed E-state index contributed by atoms with van der Waals surface area (Å²) in [6.07, 6.45) is 0. The van der Waals surface area contributed by atoms with Gasteiger partial charge in [0.15, 0.2) is 5.69 Å². The van der Waals surface area contributed by atoms with E-state index >= 15 is 0 Å². The summed E-state index contributed by atoms with van der Waals surface area (Å²) in [4.78, 5) is 13.9. The molecule has 0 spiro atoms. The summed E-state index contributed by atoms with van der Waals surface area (Å²) in [7, 11) is 1.67. The lowest BCUT2D eigenvalue weighted by Crippen LogP contribution is -2.27. The fourth-order valence-electron chi connectivity index (χ4n) is 2.11. The normalized spacial score (nSPS) is 10.6. The summed E-state index contributed by atoms with van der Waals surface area (Å²) >= 11 is 0. The van der Waals surface area contributed by atoms with Crippen LogP contribution in [0, 0.1) is 6.92 Å². The van der Waals surface area contributed by atoms with E-state index in [9.17, 15) is 4.79 Å². The van der Waals surface area contributed by atoms with Crippen LogP contribution in [0.25, 0.3) is 0 Å². The van der Waals surface area contributed by atoms with E-state index in [0.29, 0.717) is 30.2 Å². The molecule has 0 radical (unpaired) electrons. The van der Waals surface area contributed by atoms with Crippen LogP contribution in [0.2, 0.25) is 0 Å². The Labute approximate surface area is 138 Å². The molecule has 0 aliphatic rings. The maximum absolute atomic E-state index is 12.4. The second kappa shape index (κ2) is 6.95. The quantitative estimate of drug-likeness (QED) is 0.743. The van der Waals surface area contributed by atoms with Gasteiger partial charge in [-0.2, -0.15) is 5.10 Å². The first-order valence-corrected chi connectivity index (χ1v) is 7.39.